The number of piperidine rings is 1. The van der Waals surface area contributed by atoms with E-state index in [4.69, 9.17) is 11.6 Å². The van der Waals surface area contributed by atoms with E-state index in [9.17, 15) is 0 Å². The van der Waals surface area contributed by atoms with Crippen molar-refractivity contribution in [2.24, 2.45) is 0 Å². The Morgan fingerprint density at radius 3 is 3.12 bits per heavy atom. The Balaban J connectivity index is 1.71. The van der Waals surface area contributed by atoms with Gasteiger partial charge in [-0.1, -0.05) is 23.7 Å². The first-order valence-electron chi connectivity index (χ1n) is 6.03. The summed E-state index contributed by atoms with van der Waals surface area (Å²) in [4.78, 5) is 0. The Kier molecular flexibility index (Phi) is 4.64. The highest BCUT2D eigenvalue weighted by atomic mass is 35.5. The lowest BCUT2D eigenvalue weighted by Gasteiger charge is -2.23. The topological polar surface area (TPSA) is 24.1 Å². The average Bonchev–Trinajstić information content (AvgIpc) is 2.30. The molecule has 2 nitrogen and oxygen atoms in total. The smallest absolute Gasteiger partial charge is 0.0408 e. The summed E-state index contributed by atoms with van der Waals surface area (Å²) < 4.78 is 0. The fourth-order valence-corrected chi connectivity index (χ4v) is 2.35. The number of hydrogen-bond donors (Lipinski definition) is 2. The minimum absolute atomic E-state index is 0.646. The first-order chi connectivity index (χ1) is 7.84. The lowest BCUT2D eigenvalue weighted by atomic mass is 10.1. The van der Waals surface area contributed by atoms with E-state index in [2.05, 4.69) is 16.7 Å². The predicted octanol–water partition coefficient (Wildman–Crippen LogP) is 2.22. The first-order valence-corrected chi connectivity index (χ1v) is 6.41. The molecule has 0 radical (unpaired) electrons. The van der Waals surface area contributed by atoms with Gasteiger partial charge in [0.2, 0.25) is 0 Å². The zero-order chi connectivity index (χ0) is 11.2. The van der Waals surface area contributed by atoms with Crippen LogP contribution in [0.5, 0.6) is 0 Å². The molecule has 2 N–H and O–H groups in total. The van der Waals surface area contributed by atoms with Crippen molar-refractivity contribution in [1.29, 1.82) is 0 Å². The van der Waals surface area contributed by atoms with E-state index >= 15 is 0 Å². The summed E-state index contributed by atoms with van der Waals surface area (Å²) in [5.74, 6) is 0. The summed E-state index contributed by atoms with van der Waals surface area (Å²) in [7, 11) is 0. The van der Waals surface area contributed by atoms with E-state index in [0.29, 0.717) is 6.04 Å². The van der Waals surface area contributed by atoms with Crippen molar-refractivity contribution in [3.63, 3.8) is 0 Å². The summed E-state index contributed by atoms with van der Waals surface area (Å²) in [6.45, 7) is 3.31. The van der Waals surface area contributed by atoms with E-state index < -0.39 is 0 Å². The molecule has 88 valence electrons. The van der Waals surface area contributed by atoms with Gasteiger partial charge in [-0.15, -0.1) is 0 Å². The Hall–Kier alpha value is -0.570. The van der Waals surface area contributed by atoms with E-state index in [-0.39, 0.29) is 0 Å². The SMILES string of the molecule is Clc1cccc(CCNC2CCCNC2)c1. The molecule has 1 heterocycles. The van der Waals surface area contributed by atoms with Crippen LogP contribution >= 0.6 is 11.6 Å². The van der Waals surface area contributed by atoms with Crippen LogP contribution in [0.4, 0.5) is 0 Å². The summed E-state index contributed by atoms with van der Waals surface area (Å²) in [6, 6.07) is 8.76. The van der Waals surface area contributed by atoms with Crippen LogP contribution < -0.4 is 10.6 Å². The number of rotatable bonds is 4. The van der Waals surface area contributed by atoms with Gasteiger partial charge in [0.25, 0.3) is 0 Å². The average molecular weight is 239 g/mol. The third kappa shape index (κ3) is 3.78. The highest BCUT2D eigenvalue weighted by Gasteiger charge is 2.11. The van der Waals surface area contributed by atoms with Crippen molar-refractivity contribution in [3.05, 3.63) is 34.9 Å². The Labute approximate surface area is 102 Å². The van der Waals surface area contributed by atoms with Gasteiger partial charge in [-0.3, -0.25) is 0 Å². The van der Waals surface area contributed by atoms with Gasteiger partial charge in [0.1, 0.15) is 0 Å². The first kappa shape index (κ1) is 11.9. The van der Waals surface area contributed by atoms with Gasteiger partial charge >= 0.3 is 0 Å². The molecule has 1 fully saturated rings. The number of nitrogens with one attached hydrogen (secondary N) is 2. The summed E-state index contributed by atoms with van der Waals surface area (Å²) >= 11 is 5.94. The van der Waals surface area contributed by atoms with Crippen LogP contribution in [0.1, 0.15) is 18.4 Å². The number of benzene rings is 1. The molecule has 1 aromatic carbocycles. The molecule has 1 aromatic rings. The fraction of sp³-hybridized carbons (Fsp3) is 0.538. The van der Waals surface area contributed by atoms with E-state index in [1.807, 2.05) is 18.2 Å². The Bertz CT molecular complexity index is 321. The fourth-order valence-electron chi connectivity index (χ4n) is 2.14. The molecule has 16 heavy (non-hydrogen) atoms. The third-order valence-electron chi connectivity index (χ3n) is 3.03. The molecule has 0 spiro atoms. The second-order valence-electron chi connectivity index (χ2n) is 4.38. The molecule has 0 aliphatic carbocycles. The molecule has 3 heteroatoms. The highest BCUT2D eigenvalue weighted by molar-refractivity contribution is 6.30. The van der Waals surface area contributed by atoms with Crippen LogP contribution in [0.2, 0.25) is 5.02 Å². The van der Waals surface area contributed by atoms with E-state index in [1.165, 1.54) is 24.9 Å². The zero-order valence-electron chi connectivity index (χ0n) is 9.51. The largest absolute Gasteiger partial charge is 0.315 e. The van der Waals surface area contributed by atoms with Gasteiger partial charge in [-0.2, -0.15) is 0 Å². The number of hydrogen-bond acceptors (Lipinski definition) is 2. The van der Waals surface area contributed by atoms with Crippen LogP contribution in [-0.4, -0.2) is 25.7 Å². The van der Waals surface area contributed by atoms with Gasteiger partial charge in [0.15, 0.2) is 0 Å². The Morgan fingerprint density at radius 2 is 2.38 bits per heavy atom. The molecule has 0 saturated carbocycles. The minimum Gasteiger partial charge on any atom is -0.315 e. The van der Waals surface area contributed by atoms with Gasteiger partial charge in [0, 0.05) is 17.6 Å². The van der Waals surface area contributed by atoms with Crippen molar-refractivity contribution in [1.82, 2.24) is 10.6 Å². The molecular formula is C13H19ClN2. The van der Waals surface area contributed by atoms with Crippen molar-refractivity contribution >= 4 is 11.6 Å². The van der Waals surface area contributed by atoms with Gasteiger partial charge in [0.05, 0.1) is 0 Å². The normalized spacial score (nSPS) is 20.9. The molecule has 0 bridgehead atoms. The third-order valence-corrected chi connectivity index (χ3v) is 3.27. The van der Waals surface area contributed by atoms with Crippen LogP contribution in [0.15, 0.2) is 24.3 Å². The van der Waals surface area contributed by atoms with E-state index in [1.54, 1.807) is 0 Å². The van der Waals surface area contributed by atoms with Gasteiger partial charge < -0.3 is 10.6 Å². The van der Waals surface area contributed by atoms with Gasteiger partial charge in [-0.25, -0.2) is 0 Å². The molecular weight excluding hydrogens is 220 g/mol. The molecule has 0 amide bonds. The highest BCUT2D eigenvalue weighted by Crippen LogP contribution is 2.11. The monoisotopic (exact) mass is 238 g/mol. The van der Waals surface area contributed by atoms with Gasteiger partial charge in [-0.05, 0) is 50.0 Å². The second-order valence-corrected chi connectivity index (χ2v) is 4.81. The number of halogens is 1. The maximum absolute atomic E-state index is 5.94. The van der Waals surface area contributed by atoms with Crippen LogP contribution in [-0.2, 0) is 6.42 Å². The van der Waals surface area contributed by atoms with Crippen molar-refractivity contribution in [2.45, 2.75) is 25.3 Å². The lowest BCUT2D eigenvalue weighted by Crippen LogP contribution is -2.43. The van der Waals surface area contributed by atoms with Crippen molar-refractivity contribution in [3.8, 4) is 0 Å². The van der Waals surface area contributed by atoms with Crippen LogP contribution in [0, 0.1) is 0 Å². The summed E-state index contributed by atoms with van der Waals surface area (Å²) in [5.41, 5.74) is 1.31. The molecule has 2 rings (SSSR count). The maximum atomic E-state index is 5.94. The van der Waals surface area contributed by atoms with Crippen molar-refractivity contribution < 1.29 is 0 Å². The molecule has 1 atom stereocenters. The van der Waals surface area contributed by atoms with Crippen molar-refractivity contribution in [2.75, 3.05) is 19.6 Å². The second kappa shape index (κ2) is 6.24. The van der Waals surface area contributed by atoms with Crippen LogP contribution in [0.25, 0.3) is 0 Å². The molecule has 1 unspecified atom stereocenters. The molecule has 1 aliphatic heterocycles. The van der Waals surface area contributed by atoms with E-state index in [0.717, 1.165) is 24.5 Å². The molecule has 0 aromatic heterocycles. The molecule has 1 aliphatic rings. The maximum Gasteiger partial charge on any atom is 0.0408 e. The predicted molar refractivity (Wildman–Crippen MR) is 69.1 cm³/mol. The minimum atomic E-state index is 0.646. The Morgan fingerprint density at radius 1 is 1.44 bits per heavy atom. The quantitative estimate of drug-likeness (QED) is 0.841. The lowest BCUT2D eigenvalue weighted by molar-refractivity contribution is 0.392. The van der Waals surface area contributed by atoms with Crippen LogP contribution in [0.3, 0.4) is 0 Å². The molecule has 1 saturated heterocycles. The summed E-state index contributed by atoms with van der Waals surface area (Å²) in [5, 5.41) is 7.82. The standard InChI is InChI=1S/C13H19ClN2/c14-12-4-1-3-11(9-12)6-8-16-13-5-2-7-15-10-13/h1,3-4,9,13,15-16H,2,5-8,10H2. The summed E-state index contributed by atoms with van der Waals surface area (Å²) in [6.07, 6.45) is 3.63. The zero-order valence-corrected chi connectivity index (χ0v) is 10.3.